The molecule has 156 valence electrons. The minimum atomic E-state index is -0.0141. The number of anilines is 1. The molecule has 7 heteroatoms. The van der Waals surface area contributed by atoms with Crippen LogP contribution in [0.1, 0.15) is 65.8 Å². The lowest BCUT2D eigenvalue weighted by Crippen LogP contribution is -2.25. The van der Waals surface area contributed by atoms with E-state index >= 15 is 0 Å². The number of carbonyl (C=O) groups excluding carboxylic acids is 1. The van der Waals surface area contributed by atoms with Gasteiger partial charge in [0.1, 0.15) is 11.9 Å². The fourth-order valence-electron chi connectivity index (χ4n) is 3.04. The third-order valence-corrected chi connectivity index (χ3v) is 4.39. The number of hydrogen-bond acceptors (Lipinski definition) is 6. The molecule has 0 radical (unpaired) electrons. The van der Waals surface area contributed by atoms with Crippen LogP contribution in [-0.4, -0.2) is 33.9 Å². The summed E-state index contributed by atoms with van der Waals surface area (Å²) in [6.07, 6.45) is 8.92. The molecule has 0 amide bonds. The molecule has 28 heavy (non-hydrogen) atoms. The van der Waals surface area contributed by atoms with E-state index in [9.17, 15) is 9.59 Å². The quantitative estimate of drug-likeness (QED) is 0.775. The smallest absolute Gasteiger partial charge is 0.252 e. The second kappa shape index (κ2) is 12.2. The van der Waals surface area contributed by atoms with Gasteiger partial charge in [-0.25, -0.2) is 4.98 Å². The van der Waals surface area contributed by atoms with Crippen molar-refractivity contribution in [3.8, 4) is 0 Å². The van der Waals surface area contributed by atoms with Crippen LogP contribution >= 0.6 is 0 Å². The molecule has 0 aromatic carbocycles. The van der Waals surface area contributed by atoms with Crippen molar-refractivity contribution in [2.24, 2.45) is 11.7 Å². The van der Waals surface area contributed by atoms with Crippen LogP contribution in [0.3, 0.4) is 0 Å². The third-order valence-electron chi connectivity index (χ3n) is 4.39. The maximum absolute atomic E-state index is 12.1. The molecule has 2 aromatic rings. The first-order chi connectivity index (χ1) is 13.4. The van der Waals surface area contributed by atoms with Gasteiger partial charge in [-0.2, -0.15) is 4.98 Å². The Hall–Kier alpha value is -2.28. The van der Waals surface area contributed by atoms with Crippen molar-refractivity contribution < 1.29 is 4.79 Å². The largest absolute Gasteiger partial charge is 0.351 e. The van der Waals surface area contributed by atoms with Crippen LogP contribution in [0.2, 0.25) is 0 Å². The molecule has 1 aliphatic carbocycles. The topological polar surface area (TPSA) is 103 Å². The first-order valence-electron chi connectivity index (χ1n) is 10.1. The van der Waals surface area contributed by atoms with Crippen molar-refractivity contribution in [3.05, 3.63) is 28.7 Å². The van der Waals surface area contributed by atoms with Gasteiger partial charge < -0.3 is 15.8 Å². The first kappa shape index (κ1) is 23.8. The van der Waals surface area contributed by atoms with Gasteiger partial charge in [0.05, 0.1) is 0 Å². The van der Waals surface area contributed by atoms with Crippen LogP contribution in [0.4, 0.5) is 5.95 Å². The van der Waals surface area contributed by atoms with E-state index in [1.54, 1.807) is 22.9 Å². The number of rotatable bonds is 4. The van der Waals surface area contributed by atoms with Crippen molar-refractivity contribution in [1.29, 1.82) is 0 Å². The Labute approximate surface area is 167 Å². The number of pyridine rings is 1. The fourth-order valence-corrected chi connectivity index (χ4v) is 3.04. The summed E-state index contributed by atoms with van der Waals surface area (Å²) < 4.78 is 1.73. The lowest BCUT2D eigenvalue weighted by Gasteiger charge is -2.23. The zero-order chi connectivity index (χ0) is 21.1. The zero-order valence-corrected chi connectivity index (χ0v) is 17.8. The molecule has 2 heterocycles. The van der Waals surface area contributed by atoms with E-state index in [1.807, 2.05) is 27.7 Å². The van der Waals surface area contributed by atoms with Crippen molar-refractivity contribution in [3.63, 3.8) is 0 Å². The Morgan fingerprint density at radius 2 is 1.75 bits per heavy atom. The number of nitrogens with two attached hydrogens (primary N) is 1. The molecule has 0 spiro atoms. The van der Waals surface area contributed by atoms with E-state index in [-0.39, 0.29) is 17.5 Å². The van der Waals surface area contributed by atoms with E-state index in [1.165, 1.54) is 39.2 Å². The Balaban J connectivity index is 0.000000490. The highest BCUT2D eigenvalue weighted by Crippen LogP contribution is 2.21. The summed E-state index contributed by atoms with van der Waals surface area (Å²) in [6.45, 7) is 7.70. The van der Waals surface area contributed by atoms with Crippen molar-refractivity contribution >= 4 is 23.3 Å². The molecule has 3 N–H and O–H groups in total. The van der Waals surface area contributed by atoms with Crippen molar-refractivity contribution in [2.45, 2.75) is 71.9 Å². The van der Waals surface area contributed by atoms with Gasteiger partial charge in [-0.05, 0) is 39.8 Å². The summed E-state index contributed by atoms with van der Waals surface area (Å²) in [4.78, 5) is 30.5. The van der Waals surface area contributed by atoms with Crippen LogP contribution in [-0.2, 0) is 4.79 Å². The number of carbonyl (C=O) groups is 1. The molecular weight excluding hydrogens is 354 g/mol. The summed E-state index contributed by atoms with van der Waals surface area (Å²) in [7, 11) is 1.50. The lowest BCUT2D eigenvalue weighted by atomic mass is 9.96. The minimum Gasteiger partial charge on any atom is -0.351 e. The molecule has 0 aliphatic heterocycles. The van der Waals surface area contributed by atoms with Gasteiger partial charge in [0, 0.05) is 35.7 Å². The molecule has 1 fully saturated rings. The summed E-state index contributed by atoms with van der Waals surface area (Å²) in [5.41, 5.74) is 5.20. The van der Waals surface area contributed by atoms with Gasteiger partial charge in [0.25, 0.3) is 5.56 Å². The third kappa shape index (κ3) is 7.03. The first-order valence-corrected chi connectivity index (χ1v) is 10.1. The zero-order valence-electron chi connectivity index (χ0n) is 17.8. The molecule has 0 atom stereocenters. The molecule has 0 unspecified atom stereocenters. The van der Waals surface area contributed by atoms with E-state index < -0.39 is 0 Å². The van der Waals surface area contributed by atoms with Crippen LogP contribution in [0.15, 0.2) is 23.1 Å². The SMILES string of the molecule is CC(C)C=O.CC(C)n1c(=O)ccc2cnc(NC3CCCCC3)nc21.CN. The van der Waals surface area contributed by atoms with Gasteiger partial charge >= 0.3 is 0 Å². The lowest BCUT2D eigenvalue weighted by molar-refractivity contribution is -0.110. The van der Waals surface area contributed by atoms with E-state index in [0.29, 0.717) is 17.6 Å². The predicted molar refractivity (Wildman–Crippen MR) is 116 cm³/mol. The summed E-state index contributed by atoms with van der Waals surface area (Å²) in [5.74, 6) is 0.837. The highest BCUT2D eigenvalue weighted by Gasteiger charge is 2.15. The maximum atomic E-state index is 12.1. The molecule has 7 nitrogen and oxygen atoms in total. The number of aromatic nitrogens is 3. The molecule has 0 saturated heterocycles. The number of nitrogens with one attached hydrogen (secondary N) is 1. The molecule has 3 rings (SSSR count). The van der Waals surface area contributed by atoms with Gasteiger partial charge in [0.2, 0.25) is 5.95 Å². The van der Waals surface area contributed by atoms with E-state index in [2.05, 4.69) is 21.0 Å². The van der Waals surface area contributed by atoms with Crippen molar-refractivity contribution in [1.82, 2.24) is 14.5 Å². The van der Waals surface area contributed by atoms with Gasteiger partial charge in [-0.15, -0.1) is 0 Å². The average molecular weight is 390 g/mol. The monoisotopic (exact) mass is 389 g/mol. The highest BCUT2D eigenvalue weighted by atomic mass is 16.1. The Morgan fingerprint density at radius 3 is 2.29 bits per heavy atom. The highest BCUT2D eigenvalue weighted by molar-refractivity contribution is 5.75. The maximum Gasteiger partial charge on any atom is 0.252 e. The summed E-state index contributed by atoms with van der Waals surface area (Å²) in [6, 6.07) is 3.92. The van der Waals surface area contributed by atoms with Crippen LogP contribution < -0.4 is 16.6 Å². The van der Waals surface area contributed by atoms with Crippen LogP contribution in [0, 0.1) is 5.92 Å². The molecule has 1 aliphatic rings. The number of fused-ring (bicyclic) bond motifs is 1. The normalized spacial score (nSPS) is 14.1. The molecule has 2 aromatic heterocycles. The van der Waals surface area contributed by atoms with Gasteiger partial charge in [0.15, 0.2) is 0 Å². The van der Waals surface area contributed by atoms with E-state index in [4.69, 9.17) is 0 Å². The minimum absolute atomic E-state index is 0.0141. The Bertz CT molecular complexity index is 780. The molecule has 0 bridgehead atoms. The Morgan fingerprint density at radius 1 is 1.14 bits per heavy atom. The molecule has 1 saturated carbocycles. The predicted octanol–water partition coefficient (Wildman–Crippen LogP) is 3.53. The van der Waals surface area contributed by atoms with Crippen LogP contribution in [0.25, 0.3) is 11.0 Å². The summed E-state index contributed by atoms with van der Waals surface area (Å²) >= 11 is 0. The fraction of sp³-hybridized carbons (Fsp3) is 0.619. The van der Waals surface area contributed by atoms with E-state index in [0.717, 1.165) is 11.7 Å². The standard InChI is InChI=1S/C16H22N4O.C4H8O.CH5N/c1-11(2)20-14(21)9-8-12-10-17-16(19-15(12)20)18-13-6-4-3-5-7-13;1-4(2)3-5;1-2/h8-11,13H,3-7H2,1-2H3,(H,17,18,19);3-4H,1-2H3;2H2,1H3. The average Bonchev–Trinajstić information content (AvgIpc) is 2.70. The number of nitrogens with zero attached hydrogens (tertiary/aromatic N) is 3. The second-order valence-electron chi connectivity index (χ2n) is 7.47. The van der Waals surface area contributed by atoms with Crippen molar-refractivity contribution in [2.75, 3.05) is 12.4 Å². The summed E-state index contributed by atoms with van der Waals surface area (Å²) in [5, 5.41) is 4.32. The molecular formula is C21H35N5O2. The van der Waals surface area contributed by atoms with Crippen LogP contribution in [0.5, 0.6) is 0 Å². The number of aldehydes is 1. The number of hydrogen-bond donors (Lipinski definition) is 2. The Kier molecular flexibility index (Phi) is 10.4. The van der Waals surface area contributed by atoms with Gasteiger partial charge in [-0.3, -0.25) is 9.36 Å². The van der Waals surface area contributed by atoms with Gasteiger partial charge in [-0.1, -0.05) is 33.1 Å². The second-order valence-corrected chi connectivity index (χ2v) is 7.47.